The van der Waals surface area contributed by atoms with Crippen LogP contribution in [0.2, 0.25) is 0 Å². The Balaban J connectivity index is 2.10. The van der Waals surface area contributed by atoms with E-state index in [4.69, 9.17) is 4.74 Å². The van der Waals surface area contributed by atoms with Gasteiger partial charge in [0.2, 0.25) is 0 Å². The first-order valence-corrected chi connectivity index (χ1v) is 8.65. The molecule has 1 aliphatic rings. The van der Waals surface area contributed by atoms with E-state index in [2.05, 4.69) is 16.3 Å². The molecule has 1 aromatic carbocycles. The molecule has 1 aromatic heterocycles. The molecule has 0 fully saturated rings. The minimum Gasteiger partial charge on any atom is -0.443 e. The van der Waals surface area contributed by atoms with Crippen molar-refractivity contribution in [2.45, 2.75) is 39.5 Å². The fraction of sp³-hybridized carbons (Fsp3) is 0.400. The second-order valence-corrected chi connectivity index (χ2v) is 7.84. The largest absolute Gasteiger partial charge is 0.443 e. The average molecular weight is 355 g/mol. The third kappa shape index (κ3) is 3.65. The number of amides is 1. The van der Waals surface area contributed by atoms with E-state index >= 15 is 0 Å². The molecule has 3 rings (SSSR count). The molecule has 138 valence electrons. The molecule has 0 spiro atoms. The summed E-state index contributed by atoms with van der Waals surface area (Å²) in [4.78, 5) is 27.0. The number of carbonyl (C=O) groups is 2. The van der Waals surface area contributed by atoms with Crippen LogP contribution in [0.15, 0.2) is 30.5 Å². The molecule has 2 aromatic rings. The molecule has 0 atom stereocenters. The standard InChI is InChI=1S/C20H25N3O3/c1-20(2,3)26-19(25)23-8-6-7-16(23)15-10-13(12-22(4)5)9-14-11-21-18(24)17(14)15/h6-10H,11-12H2,1-5H3,(H,21,24). The van der Waals surface area contributed by atoms with Crippen LogP contribution < -0.4 is 5.32 Å². The second-order valence-electron chi connectivity index (χ2n) is 7.84. The Morgan fingerprint density at radius 3 is 2.69 bits per heavy atom. The van der Waals surface area contributed by atoms with E-state index in [1.54, 1.807) is 12.3 Å². The summed E-state index contributed by atoms with van der Waals surface area (Å²) in [6.07, 6.45) is 1.21. The van der Waals surface area contributed by atoms with Crippen molar-refractivity contribution in [3.63, 3.8) is 0 Å². The van der Waals surface area contributed by atoms with Gasteiger partial charge < -0.3 is 15.0 Å². The fourth-order valence-electron chi connectivity index (χ4n) is 3.17. The molecule has 6 heteroatoms. The number of rotatable bonds is 3. The number of benzene rings is 1. The fourth-order valence-corrected chi connectivity index (χ4v) is 3.17. The Hall–Kier alpha value is -2.60. The smallest absolute Gasteiger partial charge is 0.418 e. The number of hydrogen-bond donors (Lipinski definition) is 1. The van der Waals surface area contributed by atoms with Crippen LogP contribution >= 0.6 is 0 Å². The van der Waals surface area contributed by atoms with Gasteiger partial charge in [0.1, 0.15) is 5.60 Å². The first-order chi connectivity index (χ1) is 12.2. The van der Waals surface area contributed by atoms with E-state index in [-0.39, 0.29) is 5.91 Å². The molecule has 6 nitrogen and oxygen atoms in total. The zero-order valence-corrected chi connectivity index (χ0v) is 15.9. The van der Waals surface area contributed by atoms with Crippen molar-refractivity contribution >= 4 is 12.0 Å². The summed E-state index contributed by atoms with van der Waals surface area (Å²) in [6.45, 7) is 6.75. The van der Waals surface area contributed by atoms with Crippen molar-refractivity contribution in [2.24, 2.45) is 0 Å². The maximum absolute atomic E-state index is 12.6. The zero-order valence-electron chi connectivity index (χ0n) is 15.9. The number of nitrogens with zero attached hydrogens (tertiary/aromatic N) is 2. The van der Waals surface area contributed by atoms with Crippen LogP contribution in [0.5, 0.6) is 0 Å². The summed E-state index contributed by atoms with van der Waals surface area (Å²) in [5.41, 5.74) is 3.51. The van der Waals surface area contributed by atoms with Crippen molar-refractivity contribution in [1.82, 2.24) is 14.8 Å². The highest BCUT2D eigenvalue weighted by Gasteiger charge is 2.27. The highest BCUT2D eigenvalue weighted by atomic mass is 16.6. The highest BCUT2D eigenvalue weighted by molar-refractivity contribution is 6.05. The lowest BCUT2D eigenvalue weighted by molar-refractivity contribution is 0.0540. The maximum atomic E-state index is 12.6. The van der Waals surface area contributed by atoms with Gasteiger partial charge in [-0.2, -0.15) is 0 Å². The van der Waals surface area contributed by atoms with Crippen molar-refractivity contribution < 1.29 is 14.3 Å². The maximum Gasteiger partial charge on any atom is 0.418 e. The van der Waals surface area contributed by atoms with Crippen LogP contribution in [0.25, 0.3) is 11.3 Å². The summed E-state index contributed by atoms with van der Waals surface area (Å²) in [7, 11) is 4.00. The lowest BCUT2D eigenvalue weighted by Crippen LogP contribution is -2.27. The average Bonchev–Trinajstić information content (AvgIpc) is 3.11. The van der Waals surface area contributed by atoms with Crippen molar-refractivity contribution in [3.8, 4) is 11.3 Å². The minimum absolute atomic E-state index is 0.108. The molecular weight excluding hydrogens is 330 g/mol. The Bertz CT molecular complexity index is 860. The van der Waals surface area contributed by atoms with Gasteiger partial charge in [-0.15, -0.1) is 0 Å². The quantitative estimate of drug-likeness (QED) is 0.918. The van der Waals surface area contributed by atoms with Gasteiger partial charge in [0.05, 0.1) is 11.3 Å². The summed E-state index contributed by atoms with van der Waals surface area (Å²) in [5, 5.41) is 2.88. The molecule has 0 bridgehead atoms. The van der Waals surface area contributed by atoms with E-state index in [0.717, 1.165) is 23.2 Å². The van der Waals surface area contributed by atoms with Crippen molar-refractivity contribution in [3.05, 3.63) is 47.2 Å². The predicted molar refractivity (Wildman–Crippen MR) is 100 cm³/mol. The highest BCUT2D eigenvalue weighted by Crippen LogP contribution is 2.32. The molecule has 0 aliphatic carbocycles. The lowest BCUT2D eigenvalue weighted by atomic mass is 9.97. The number of carbonyl (C=O) groups excluding carboxylic acids is 2. The first-order valence-electron chi connectivity index (χ1n) is 8.65. The van der Waals surface area contributed by atoms with Gasteiger partial charge in [-0.1, -0.05) is 6.07 Å². The zero-order chi connectivity index (χ0) is 19.1. The topological polar surface area (TPSA) is 63.6 Å². The van der Waals surface area contributed by atoms with Crippen LogP contribution in [0.3, 0.4) is 0 Å². The van der Waals surface area contributed by atoms with Crippen LogP contribution in [-0.4, -0.2) is 41.2 Å². The van der Waals surface area contributed by atoms with Gasteiger partial charge in [0.15, 0.2) is 0 Å². The Morgan fingerprint density at radius 2 is 2.04 bits per heavy atom. The summed E-state index contributed by atoms with van der Waals surface area (Å²) < 4.78 is 6.96. The number of aromatic nitrogens is 1. The van der Waals surface area contributed by atoms with Crippen LogP contribution in [0.4, 0.5) is 4.79 Å². The molecule has 0 saturated heterocycles. The van der Waals surface area contributed by atoms with E-state index in [1.807, 2.05) is 47.0 Å². The van der Waals surface area contributed by atoms with E-state index in [9.17, 15) is 9.59 Å². The van der Waals surface area contributed by atoms with Gasteiger partial charge >= 0.3 is 6.09 Å². The van der Waals surface area contributed by atoms with Gasteiger partial charge in [-0.05, 0) is 64.2 Å². The molecule has 1 aliphatic heterocycles. The monoisotopic (exact) mass is 355 g/mol. The van der Waals surface area contributed by atoms with Crippen LogP contribution in [-0.2, 0) is 17.8 Å². The second kappa shape index (κ2) is 6.61. The molecule has 0 radical (unpaired) electrons. The normalized spacial score (nSPS) is 13.7. The van der Waals surface area contributed by atoms with E-state index < -0.39 is 11.7 Å². The molecule has 26 heavy (non-hydrogen) atoms. The van der Waals surface area contributed by atoms with E-state index in [0.29, 0.717) is 17.8 Å². The number of ether oxygens (including phenoxy) is 1. The Kier molecular flexibility index (Phi) is 4.63. The summed E-state index contributed by atoms with van der Waals surface area (Å²) in [5.74, 6) is -0.108. The first kappa shape index (κ1) is 18.2. The number of hydrogen-bond acceptors (Lipinski definition) is 4. The number of fused-ring (bicyclic) bond motifs is 1. The minimum atomic E-state index is -0.593. The lowest BCUT2D eigenvalue weighted by Gasteiger charge is -2.21. The predicted octanol–water partition coefficient (Wildman–Crippen LogP) is 3.24. The third-order valence-corrected chi connectivity index (χ3v) is 4.06. The van der Waals surface area contributed by atoms with Gasteiger partial charge in [-0.3, -0.25) is 9.36 Å². The van der Waals surface area contributed by atoms with E-state index in [1.165, 1.54) is 4.57 Å². The molecule has 1 amide bonds. The van der Waals surface area contributed by atoms with Crippen molar-refractivity contribution in [2.75, 3.05) is 14.1 Å². The molecular formula is C20H25N3O3. The molecule has 2 heterocycles. The van der Waals surface area contributed by atoms with Crippen LogP contribution in [0.1, 0.15) is 42.3 Å². The summed E-state index contributed by atoms with van der Waals surface area (Å²) in [6, 6.07) is 7.67. The van der Waals surface area contributed by atoms with Crippen molar-refractivity contribution in [1.29, 1.82) is 0 Å². The van der Waals surface area contributed by atoms with Gasteiger partial charge in [0, 0.05) is 24.8 Å². The van der Waals surface area contributed by atoms with Gasteiger partial charge in [-0.25, -0.2) is 4.79 Å². The Morgan fingerprint density at radius 1 is 1.31 bits per heavy atom. The van der Waals surface area contributed by atoms with Gasteiger partial charge in [0.25, 0.3) is 5.91 Å². The molecule has 0 saturated carbocycles. The number of nitrogens with one attached hydrogen (secondary N) is 1. The summed E-state index contributed by atoms with van der Waals surface area (Å²) >= 11 is 0. The third-order valence-electron chi connectivity index (χ3n) is 4.06. The molecule has 0 unspecified atom stereocenters. The SMILES string of the molecule is CN(C)Cc1cc2c(c(-c3cccn3C(=O)OC(C)(C)C)c1)C(=O)NC2. The van der Waals surface area contributed by atoms with Crippen LogP contribution in [0, 0.1) is 0 Å². The Labute approximate surface area is 153 Å². The molecule has 1 N–H and O–H groups in total.